The Morgan fingerprint density at radius 1 is 1.35 bits per heavy atom. The Kier molecular flexibility index (Phi) is 3.58. The zero-order valence-corrected chi connectivity index (χ0v) is 10.8. The van der Waals surface area contributed by atoms with E-state index in [-0.39, 0.29) is 23.6 Å². The molecule has 98 valence electrons. The summed E-state index contributed by atoms with van der Waals surface area (Å²) in [4.78, 5) is 15.4. The summed E-state index contributed by atoms with van der Waals surface area (Å²) in [5, 5.41) is 0. The molecule has 17 heavy (non-hydrogen) atoms. The summed E-state index contributed by atoms with van der Waals surface area (Å²) in [7, 11) is -1.26. The Labute approximate surface area is 101 Å². The van der Waals surface area contributed by atoms with Crippen LogP contribution in [0, 0.1) is 0 Å². The van der Waals surface area contributed by atoms with Crippen molar-refractivity contribution in [3.8, 4) is 0 Å². The minimum absolute atomic E-state index is 0.0876. The van der Waals surface area contributed by atoms with Crippen molar-refractivity contribution in [2.45, 2.75) is 12.5 Å². The third kappa shape index (κ3) is 2.90. The van der Waals surface area contributed by atoms with Gasteiger partial charge >= 0.3 is 6.03 Å². The Hall–Kier alpha value is -0.820. The maximum atomic E-state index is 12.1. The zero-order chi connectivity index (χ0) is 12.5. The molecule has 0 N–H and O–H groups in total. The first-order chi connectivity index (χ1) is 7.99. The van der Waals surface area contributed by atoms with Crippen molar-refractivity contribution in [3.05, 3.63) is 0 Å². The number of ether oxygens (including phenoxy) is 1. The third-order valence-corrected chi connectivity index (χ3v) is 5.09. The van der Waals surface area contributed by atoms with E-state index in [4.69, 9.17) is 4.74 Å². The standard InChI is InChI=1S/C10H18N2O4S/c1-11(9-2-7-17(14,15)8-9)10(13)12-3-5-16-6-4-12/h9H,2-8H2,1H3. The van der Waals surface area contributed by atoms with Crippen molar-refractivity contribution in [3.63, 3.8) is 0 Å². The molecular weight excluding hydrogens is 244 g/mol. The molecule has 0 spiro atoms. The van der Waals surface area contributed by atoms with Crippen LogP contribution in [-0.4, -0.2) is 75.1 Å². The number of sulfone groups is 1. The quantitative estimate of drug-likeness (QED) is 0.642. The number of hydrogen-bond acceptors (Lipinski definition) is 4. The van der Waals surface area contributed by atoms with Gasteiger partial charge in [0.2, 0.25) is 0 Å². The number of hydrogen-bond donors (Lipinski definition) is 0. The largest absolute Gasteiger partial charge is 0.378 e. The van der Waals surface area contributed by atoms with E-state index >= 15 is 0 Å². The molecule has 2 aliphatic rings. The predicted octanol–water partition coefficient (Wildman–Crippen LogP) is -0.442. The molecule has 0 aliphatic carbocycles. The third-order valence-electron chi connectivity index (χ3n) is 3.34. The lowest BCUT2D eigenvalue weighted by Crippen LogP contribution is -2.50. The molecule has 2 heterocycles. The van der Waals surface area contributed by atoms with E-state index in [1.54, 1.807) is 16.8 Å². The number of morpholine rings is 1. The molecule has 2 fully saturated rings. The number of urea groups is 1. The molecule has 0 bridgehead atoms. The second kappa shape index (κ2) is 4.81. The molecule has 0 radical (unpaired) electrons. The molecule has 2 saturated heterocycles. The Morgan fingerprint density at radius 3 is 2.53 bits per heavy atom. The average Bonchev–Trinajstić information content (AvgIpc) is 2.69. The first-order valence-electron chi connectivity index (χ1n) is 5.79. The van der Waals surface area contributed by atoms with E-state index in [1.807, 2.05) is 0 Å². The van der Waals surface area contributed by atoms with Gasteiger partial charge in [-0.2, -0.15) is 0 Å². The van der Waals surface area contributed by atoms with Gasteiger partial charge in [0.25, 0.3) is 0 Å². The van der Waals surface area contributed by atoms with Crippen molar-refractivity contribution < 1.29 is 17.9 Å². The topological polar surface area (TPSA) is 66.9 Å². The van der Waals surface area contributed by atoms with Crippen LogP contribution in [0.3, 0.4) is 0 Å². The van der Waals surface area contributed by atoms with Crippen LogP contribution >= 0.6 is 0 Å². The highest BCUT2D eigenvalue weighted by atomic mass is 32.2. The van der Waals surface area contributed by atoms with Crippen molar-refractivity contribution in [1.82, 2.24) is 9.80 Å². The van der Waals surface area contributed by atoms with Crippen LogP contribution in [0.5, 0.6) is 0 Å². The second-order valence-corrected chi connectivity index (χ2v) is 6.78. The smallest absolute Gasteiger partial charge is 0.320 e. The average molecular weight is 262 g/mol. The summed E-state index contributed by atoms with van der Waals surface area (Å²) in [5.74, 6) is 0.290. The van der Waals surface area contributed by atoms with Crippen molar-refractivity contribution in [2.24, 2.45) is 0 Å². The molecule has 0 saturated carbocycles. The van der Waals surface area contributed by atoms with Gasteiger partial charge in [-0.3, -0.25) is 0 Å². The molecule has 2 rings (SSSR count). The van der Waals surface area contributed by atoms with Gasteiger partial charge in [0.05, 0.1) is 24.7 Å². The zero-order valence-electron chi connectivity index (χ0n) is 9.96. The molecule has 2 amide bonds. The lowest BCUT2D eigenvalue weighted by Gasteiger charge is -2.33. The van der Waals surface area contributed by atoms with Gasteiger partial charge in [0, 0.05) is 26.2 Å². The monoisotopic (exact) mass is 262 g/mol. The van der Waals surface area contributed by atoms with Gasteiger partial charge < -0.3 is 14.5 Å². The molecule has 6 nitrogen and oxygen atoms in total. The predicted molar refractivity (Wildman–Crippen MR) is 62.6 cm³/mol. The molecule has 2 aliphatic heterocycles. The molecule has 1 atom stereocenters. The summed E-state index contributed by atoms with van der Waals surface area (Å²) >= 11 is 0. The first kappa shape index (κ1) is 12.6. The molecule has 0 aromatic carbocycles. The van der Waals surface area contributed by atoms with Gasteiger partial charge in [-0.05, 0) is 6.42 Å². The van der Waals surface area contributed by atoms with Gasteiger partial charge in [-0.1, -0.05) is 0 Å². The van der Waals surface area contributed by atoms with E-state index in [0.717, 1.165) is 0 Å². The summed E-state index contributed by atoms with van der Waals surface area (Å²) in [6.45, 7) is 2.29. The number of carbonyl (C=O) groups is 1. The lowest BCUT2D eigenvalue weighted by atomic mass is 10.2. The molecule has 1 unspecified atom stereocenters. The van der Waals surface area contributed by atoms with Crippen LogP contribution in [0.4, 0.5) is 4.79 Å². The lowest BCUT2D eigenvalue weighted by molar-refractivity contribution is 0.0428. The van der Waals surface area contributed by atoms with Crippen LogP contribution in [0.15, 0.2) is 0 Å². The van der Waals surface area contributed by atoms with E-state index < -0.39 is 9.84 Å². The number of nitrogens with zero attached hydrogens (tertiary/aromatic N) is 2. The Bertz CT molecular complexity index is 389. The highest BCUT2D eigenvalue weighted by Gasteiger charge is 2.34. The number of amides is 2. The summed E-state index contributed by atoms with van der Waals surface area (Å²) in [6.07, 6.45) is 0.551. The van der Waals surface area contributed by atoms with E-state index in [2.05, 4.69) is 0 Å². The maximum absolute atomic E-state index is 12.1. The normalized spacial score (nSPS) is 28.1. The summed E-state index contributed by atoms with van der Waals surface area (Å²) < 4.78 is 27.9. The summed E-state index contributed by atoms with van der Waals surface area (Å²) in [6, 6.07) is -0.259. The maximum Gasteiger partial charge on any atom is 0.320 e. The minimum Gasteiger partial charge on any atom is -0.378 e. The SMILES string of the molecule is CN(C(=O)N1CCOCC1)C1CCS(=O)(=O)C1. The minimum atomic E-state index is -2.94. The molecule has 7 heteroatoms. The van der Waals surface area contributed by atoms with E-state index in [9.17, 15) is 13.2 Å². The van der Waals surface area contributed by atoms with Gasteiger partial charge in [0.15, 0.2) is 9.84 Å². The Morgan fingerprint density at radius 2 is 2.00 bits per heavy atom. The van der Waals surface area contributed by atoms with E-state index in [0.29, 0.717) is 32.7 Å². The molecular formula is C10H18N2O4S. The van der Waals surface area contributed by atoms with E-state index in [1.165, 1.54) is 0 Å². The van der Waals surface area contributed by atoms with Gasteiger partial charge in [-0.15, -0.1) is 0 Å². The fourth-order valence-electron chi connectivity index (χ4n) is 2.21. The van der Waals surface area contributed by atoms with Gasteiger partial charge in [-0.25, -0.2) is 13.2 Å². The van der Waals surface area contributed by atoms with Crippen molar-refractivity contribution in [2.75, 3.05) is 44.9 Å². The number of rotatable bonds is 1. The van der Waals surface area contributed by atoms with Crippen LogP contribution in [0.25, 0.3) is 0 Å². The van der Waals surface area contributed by atoms with Crippen molar-refractivity contribution >= 4 is 15.9 Å². The molecule has 0 aromatic rings. The van der Waals surface area contributed by atoms with Crippen LogP contribution in [0.1, 0.15) is 6.42 Å². The molecule has 0 aromatic heterocycles. The highest BCUT2D eigenvalue weighted by Crippen LogP contribution is 2.18. The first-order valence-corrected chi connectivity index (χ1v) is 7.62. The fraction of sp³-hybridized carbons (Fsp3) is 0.900. The van der Waals surface area contributed by atoms with Gasteiger partial charge in [0.1, 0.15) is 0 Å². The summed E-state index contributed by atoms with van der Waals surface area (Å²) in [5.41, 5.74) is 0. The second-order valence-electron chi connectivity index (χ2n) is 4.55. The fourth-order valence-corrected chi connectivity index (χ4v) is 3.99. The highest BCUT2D eigenvalue weighted by molar-refractivity contribution is 7.91. The Balaban J connectivity index is 1.95. The van der Waals surface area contributed by atoms with Crippen LogP contribution in [-0.2, 0) is 14.6 Å². The van der Waals surface area contributed by atoms with Crippen molar-refractivity contribution in [1.29, 1.82) is 0 Å². The van der Waals surface area contributed by atoms with Crippen LogP contribution in [0.2, 0.25) is 0 Å². The number of carbonyl (C=O) groups excluding carboxylic acids is 1. The van der Waals surface area contributed by atoms with Crippen LogP contribution < -0.4 is 0 Å².